The number of aromatic hydroxyl groups is 1. The molecule has 14 heavy (non-hydrogen) atoms. The molecule has 0 bridgehead atoms. The maximum atomic E-state index is 13.1. The summed E-state index contributed by atoms with van der Waals surface area (Å²) in [5.41, 5.74) is -0.667. The fourth-order valence-electron chi connectivity index (χ4n) is 0.966. The van der Waals surface area contributed by atoms with E-state index in [1.165, 1.54) is 6.92 Å². The Morgan fingerprint density at radius 2 is 2.07 bits per heavy atom. The van der Waals surface area contributed by atoms with E-state index in [2.05, 4.69) is 21.1 Å². The van der Waals surface area contributed by atoms with Crippen molar-refractivity contribution in [3.8, 4) is 5.75 Å². The Hall–Kier alpha value is -1.17. The summed E-state index contributed by atoms with van der Waals surface area (Å²) in [4.78, 5) is 0. The molecular formula is C8H6BrF2NO2. The van der Waals surface area contributed by atoms with Crippen LogP contribution in [0, 0.1) is 11.6 Å². The molecule has 3 nitrogen and oxygen atoms in total. The predicted molar refractivity (Wildman–Crippen MR) is 49.7 cm³/mol. The first-order valence-electron chi connectivity index (χ1n) is 3.54. The maximum Gasteiger partial charge on any atom is 0.171 e. The molecule has 76 valence electrons. The van der Waals surface area contributed by atoms with Crippen LogP contribution in [0.15, 0.2) is 15.7 Å². The molecule has 0 saturated carbocycles. The lowest BCUT2D eigenvalue weighted by Crippen LogP contribution is -2.02. The van der Waals surface area contributed by atoms with Crippen molar-refractivity contribution in [2.24, 2.45) is 5.16 Å². The zero-order chi connectivity index (χ0) is 10.9. The first-order chi connectivity index (χ1) is 6.49. The third-order valence-electron chi connectivity index (χ3n) is 1.66. The second-order valence-electron chi connectivity index (χ2n) is 2.56. The number of nitrogens with zero attached hydrogens (tertiary/aromatic N) is 1. The van der Waals surface area contributed by atoms with Crippen LogP contribution in [-0.4, -0.2) is 16.0 Å². The van der Waals surface area contributed by atoms with Gasteiger partial charge >= 0.3 is 0 Å². The zero-order valence-electron chi connectivity index (χ0n) is 7.05. The highest BCUT2D eigenvalue weighted by Gasteiger charge is 2.19. The van der Waals surface area contributed by atoms with Crippen molar-refractivity contribution >= 4 is 21.6 Å². The lowest BCUT2D eigenvalue weighted by Gasteiger charge is -2.06. The van der Waals surface area contributed by atoms with Gasteiger partial charge in [-0.1, -0.05) is 5.16 Å². The molecule has 0 aliphatic rings. The number of hydrogen-bond acceptors (Lipinski definition) is 3. The molecule has 6 heteroatoms. The smallest absolute Gasteiger partial charge is 0.171 e. The van der Waals surface area contributed by atoms with Crippen LogP contribution in [0.3, 0.4) is 0 Å². The summed E-state index contributed by atoms with van der Waals surface area (Å²) in [5.74, 6) is -2.88. The molecule has 0 radical (unpaired) electrons. The molecule has 0 saturated heterocycles. The van der Waals surface area contributed by atoms with Crippen LogP contribution in [0.5, 0.6) is 5.75 Å². The van der Waals surface area contributed by atoms with Gasteiger partial charge in [-0.25, -0.2) is 8.78 Å². The topological polar surface area (TPSA) is 52.8 Å². The maximum absolute atomic E-state index is 13.1. The van der Waals surface area contributed by atoms with Crippen LogP contribution in [0.25, 0.3) is 0 Å². The van der Waals surface area contributed by atoms with E-state index in [0.29, 0.717) is 0 Å². The third kappa shape index (κ3) is 1.70. The van der Waals surface area contributed by atoms with Gasteiger partial charge < -0.3 is 10.3 Å². The fraction of sp³-hybridized carbons (Fsp3) is 0.125. The van der Waals surface area contributed by atoms with Gasteiger partial charge in [-0.15, -0.1) is 0 Å². The van der Waals surface area contributed by atoms with E-state index in [0.717, 1.165) is 6.07 Å². The Kier molecular flexibility index (Phi) is 3.05. The fourth-order valence-corrected chi connectivity index (χ4v) is 1.37. The minimum absolute atomic E-state index is 0.00519. The molecule has 0 spiro atoms. The van der Waals surface area contributed by atoms with Crippen LogP contribution in [0.4, 0.5) is 8.78 Å². The van der Waals surface area contributed by atoms with Crippen molar-refractivity contribution in [1.82, 2.24) is 0 Å². The summed E-state index contributed by atoms with van der Waals surface area (Å²) in [6.07, 6.45) is 0. The number of halogens is 3. The highest BCUT2D eigenvalue weighted by atomic mass is 79.9. The largest absolute Gasteiger partial charge is 0.506 e. The van der Waals surface area contributed by atoms with Gasteiger partial charge in [0.1, 0.15) is 5.75 Å². The molecule has 0 aliphatic heterocycles. The number of phenolic OH excluding ortho intramolecular Hbond substituents is 1. The Balaban J connectivity index is 3.55. The third-order valence-corrected chi connectivity index (χ3v) is 2.26. The Labute approximate surface area is 86.8 Å². The van der Waals surface area contributed by atoms with E-state index < -0.39 is 22.9 Å². The van der Waals surface area contributed by atoms with Crippen molar-refractivity contribution < 1.29 is 19.1 Å². The average molecular weight is 266 g/mol. The van der Waals surface area contributed by atoms with Crippen molar-refractivity contribution in [3.05, 3.63) is 27.7 Å². The van der Waals surface area contributed by atoms with Crippen LogP contribution in [0.2, 0.25) is 0 Å². The molecule has 0 aliphatic carbocycles. The van der Waals surface area contributed by atoms with Gasteiger partial charge in [0.15, 0.2) is 11.6 Å². The standard InChI is InChI=1S/C8H6BrF2NO2/c1-3(12-14)6-7(11)5(10)2-4(9)8(6)13/h2,13-14H,1H3/b12-3+. The second kappa shape index (κ2) is 3.91. The molecule has 0 heterocycles. The van der Waals surface area contributed by atoms with Crippen LogP contribution < -0.4 is 0 Å². The van der Waals surface area contributed by atoms with Gasteiger partial charge in [0.25, 0.3) is 0 Å². The van der Waals surface area contributed by atoms with E-state index >= 15 is 0 Å². The van der Waals surface area contributed by atoms with Gasteiger partial charge in [0.05, 0.1) is 15.7 Å². The molecular weight excluding hydrogens is 260 g/mol. The van der Waals surface area contributed by atoms with Crippen LogP contribution in [-0.2, 0) is 0 Å². The molecule has 0 aromatic heterocycles. The van der Waals surface area contributed by atoms with Crippen LogP contribution in [0.1, 0.15) is 12.5 Å². The highest BCUT2D eigenvalue weighted by Crippen LogP contribution is 2.32. The summed E-state index contributed by atoms with van der Waals surface area (Å²) in [7, 11) is 0. The Morgan fingerprint density at radius 1 is 1.50 bits per heavy atom. The second-order valence-corrected chi connectivity index (χ2v) is 3.42. The van der Waals surface area contributed by atoms with Crippen molar-refractivity contribution in [1.29, 1.82) is 0 Å². The monoisotopic (exact) mass is 265 g/mol. The summed E-state index contributed by atoms with van der Waals surface area (Å²) < 4.78 is 26.0. The van der Waals surface area contributed by atoms with Gasteiger partial charge in [-0.3, -0.25) is 0 Å². The molecule has 0 atom stereocenters. The van der Waals surface area contributed by atoms with Crippen molar-refractivity contribution in [2.75, 3.05) is 0 Å². The van der Waals surface area contributed by atoms with Crippen molar-refractivity contribution in [3.63, 3.8) is 0 Å². The summed E-state index contributed by atoms with van der Waals surface area (Å²) in [6, 6.07) is 0.790. The summed E-state index contributed by atoms with van der Waals surface area (Å²) in [5, 5.41) is 20.4. The van der Waals surface area contributed by atoms with E-state index in [9.17, 15) is 13.9 Å². The molecule has 2 N–H and O–H groups in total. The van der Waals surface area contributed by atoms with E-state index in [1.807, 2.05) is 0 Å². The number of hydrogen-bond donors (Lipinski definition) is 2. The van der Waals surface area contributed by atoms with Gasteiger partial charge in [-0.2, -0.15) is 0 Å². The lowest BCUT2D eigenvalue weighted by molar-refractivity contribution is 0.318. The summed E-state index contributed by atoms with van der Waals surface area (Å²) >= 11 is 2.84. The van der Waals surface area contributed by atoms with Crippen molar-refractivity contribution in [2.45, 2.75) is 6.92 Å². The molecule has 1 aromatic carbocycles. The van der Waals surface area contributed by atoms with Gasteiger partial charge in [0.2, 0.25) is 0 Å². The van der Waals surface area contributed by atoms with E-state index in [1.54, 1.807) is 0 Å². The zero-order valence-corrected chi connectivity index (χ0v) is 8.64. The van der Waals surface area contributed by atoms with Gasteiger partial charge in [0, 0.05) is 0 Å². The average Bonchev–Trinajstić information content (AvgIpc) is 2.15. The Morgan fingerprint density at radius 3 is 2.57 bits per heavy atom. The number of benzene rings is 1. The number of phenols is 1. The molecule has 1 aromatic rings. The molecule has 0 amide bonds. The lowest BCUT2D eigenvalue weighted by atomic mass is 10.1. The predicted octanol–water partition coefficient (Wildman–Crippen LogP) is 2.63. The molecule has 1 rings (SSSR count). The normalized spacial score (nSPS) is 11.9. The number of rotatable bonds is 1. The molecule has 0 unspecified atom stereocenters. The summed E-state index contributed by atoms with van der Waals surface area (Å²) in [6.45, 7) is 1.24. The molecule has 0 fully saturated rings. The van der Waals surface area contributed by atoms with E-state index in [-0.39, 0.29) is 10.2 Å². The van der Waals surface area contributed by atoms with Crippen LogP contribution >= 0.6 is 15.9 Å². The Bertz CT molecular complexity index is 381. The highest BCUT2D eigenvalue weighted by molar-refractivity contribution is 9.10. The quantitative estimate of drug-likeness (QED) is 0.355. The number of oxime groups is 1. The minimum Gasteiger partial charge on any atom is -0.506 e. The first-order valence-corrected chi connectivity index (χ1v) is 4.33. The minimum atomic E-state index is -1.25. The van der Waals surface area contributed by atoms with E-state index in [4.69, 9.17) is 5.21 Å². The van der Waals surface area contributed by atoms with Gasteiger partial charge in [-0.05, 0) is 28.9 Å². The first kappa shape index (κ1) is 10.9. The SMILES string of the molecule is C/C(=N\O)c1c(O)c(Br)cc(F)c1F.